The monoisotopic (exact) mass is 299 g/mol. The van der Waals surface area contributed by atoms with Gasteiger partial charge < -0.3 is 4.74 Å². The summed E-state index contributed by atoms with van der Waals surface area (Å²) in [7, 11) is -4.58. The topological polar surface area (TPSA) is 55.4 Å². The molecule has 0 radical (unpaired) electrons. The van der Waals surface area contributed by atoms with Gasteiger partial charge in [0.05, 0.1) is 11.8 Å². The lowest BCUT2D eigenvalue weighted by Gasteiger charge is -2.17. The normalized spacial score (nSPS) is 19.0. The maximum Gasteiger partial charge on any atom is 0.211 e. The molecule has 0 aromatic heterocycles. The lowest BCUT2D eigenvalue weighted by atomic mass is 10.1. The van der Waals surface area contributed by atoms with Gasteiger partial charge in [-0.2, -0.15) is 0 Å². The number of sulfonamides is 1. The van der Waals surface area contributed by atoms with Gasteiger partial charge in [-0.05, 0) is 12.1 Å². The summed E-state index contributed by atoms with van der Waals surface area (Å²) in [5.41, 5.74) is 0.930. The highest BCUT2D eigenvalue weighted by Gasteiger charge is 2.28. The lowest BCUT2D eigenvalue weighted by Crippen LogP contribution is -2.34. The Morgan fingerprint density at radius 1 is 1.32 bits per heavy atom. The van der Waals surface area contributed by atoms with Crippen LogP contribution >= 0.6 is 0 Å². The van der Waals surface area contributed by atoms with E-state index in [-0.39, 0.29) is 11.8 Å². The molecule has 1 aromatic rings. The molecule has 1 N–H and O–H groups in total. The van der Waals surface area contributed by atoms with Crippen molar-refractivity contribution in [2.45, 2.75) is 31.7 Å². The van der Waals surface area contributed by atoms with Crippen LogP contribution in [0.2, 0.25) is 25.7 Å². The predicted octanol–water partition coefficient (Wildman–Crippen LogP) is 2.38. The van der Waals surface area contributed by atoms with Gasteiger partial charge in [0, 0.05) is 13.6 Å². The summed E-state index contributed by atoms with van der Waals surface area (Å²) in [6.07, 6.45) is 0. The quantitative estimate of drug-likeness (QED) is 0.849. The Kier molecular flexibility index (Phi) is 4.03. The minimum absolute atomic E-state index is 0.210. The molecule has 0 amide bonds. The number of benzene rings is 1. The molecule has 1 aliphatic rings. The second-order valence-corrected chi connectivity index (χ2v) is 13.6. The minimum Gasteiger partial charge on any atom is -0.491 e. The fraction of sp³-hybridized carbons (Fsp3) is 0.538. The van der Waals surface area contributed by atoms with Crippen molar-refractivity contribution >= 4 is 18.1 Å². The average molecular weight is 299 g/mol. The molecule has 6 heteroatoms. The Hall–Kier alpha value is -0.853. The molecule has 106 valence electrons. The molecule has 1 atom stereocenters. The number of para-hydroxylation sites is 1. The number of hydrogen-bond donors (Lipinski definition) is 1. The van der Waals surface area contributed by atoms with Gasteiger partial charge in [-0.15, -0.1) is 0 Å². The summed E-state index contributed by atoms with van der Waals surface area (Å²) in [5, 5.41) is 0. The fourth-order valence-corrected chi connectivity index (χ4v) is 6.25. The molecule has 0 bridgehead atoms. The van der Waals surface area contributed by atoms with E-state index in [0.717, 1.165) is 17.4 Å². The number of nitrogens with one attached hydrogen (secondary N) is 1. The highest BCUT2D eigenvalue weighted by Crippen LogP contribution is 2.32. The molecule has 0 spiro atoms. The van der Waals surface area contributed by atoms with E-state index in [1.165, 1.54) is 0 Å². The van der Waals surface area contributed by atoms with Gasteiger partial charge in [0.2, 0.25) is 10.0 Å². The van der Waals surface area contributed by atoms with Crippen LogP contribution in [0.25, 0.3) is 0 Å². The van der Waals surface area contributed by atoms with Crippen LogP contribution in [0.5, 0.6) is 5.75 Å². The highest BCUT2D eigenvalue weighted by atomic mass is 32.2. The zero-order valence-corrected chi connectivity index (χ0v) is 13.5. The third kappa shape index (κ3) is 4.06. The van der Waals surface area contributed by atoms with E-state index >= 15 is 0 Å². The minimum atomic E-state index is -3.24. The van der Waals surface area contributed by atoms with Gasteiger partial charge in [0.15, 0.2) is 0 Å². The zero-order valence-electron chi connectivity index (χ0n) is 11.6. The maximum absolute atomic E-state index is 12.1. The van der Waals surface area contributed by atoms with Crippen molar-refractivity contribution in [2.75, 3.05) is 12.4 Å². The van der Waals surface area contributed by atoms with Crippen molar-refractivity contribution in [2.24, 2.45) is 0 Å². The SMILES string of the molecule is C[Si](C)(C)CCS(=O)(=O)NC1COc2ccccc21. The number of rotatable bonds is 5. The third-order valence-corrected chi connectivity index (χ3v) is 6.64. The summed E-state index contributed by atoms with van der Waals surface area (Å²) in [6.45, 7) is 6.91. The van der Waals surface area contributed by atoms with Crippen LogP contribution in [-0.4, -0.2) is 28.9 Å². The number of fused-ring (bicyclic) bond motifs is 1. The Bertz CT molecular complexity index is 551. The Morgan fingerprint density at radius 2 is 2.00 bits per heavy atom. The van der Waals surface area contributed by atoms with E-state index in [2.05, 4.69) is 24.4 Å². The van der Waals surface area contributed by atoms with Crippen molar-refractivity contribution in [1.82, 2.24) is 4.72 Å². The molecular formula is C13H21NO3SSi. The van der Waals surface area contributed by atoms with Gasteiger partial charge in [0.1, 0.15) is 12.4 Å². The van der Waals surface area contributed by atoms with E-state index in [0.29, 0.717) is 6.61 Å². The van der Waals surface area contributed by atoms with Crippen molar-refractivity contribution in [3.05, 3.63) is 29.8 Å². The van der Waals surface area contributed by atoms with Gasteiger partial charge in [-0.25, -0.2) is 13.1 Å². The molecule has 19 heavy (non-hydrogen) atoms. The van der Waals surface area contributed by atoms with Crippen molar-refractivity contribution in [1.29, 1.82) is 0 Å². The first kappa shape index (κ1) is 14.6. The number of ether oxygens (including phenoxy) is 1. The summed E-state index contributed by atoms with van der Waals surface area (Å²) in [6, 6.07) is 8.09. The van der Waals surface area contributed by atoms with Gasteiger partial charge in [-0.1, -0.05) is 37.8 Å². The molecule has 1 aromatic carbocycles. The predicted molar refractivity (Wildman–Crippen MR) is 79.8 cm³/mol. The van der Waals surface area contributed by atoms with E-state index in [9.17, 15) is 8.42 Å². The third-order valence-electron chi connectivity index (χ3n) is 3.14. The van der Waals surface area contributed by atoms with Crippen LogP contribution in [0.4, 0.5) is 0 Å². The second kappa shape index (κ2) is 5.26. The molecule has 0 aliphatic carbocycles. The van der Waals surface area contributed by atoms with Crippen LogP contribution in [0.1, 0.15) is 11.6 Å². The van der Waals surface area contributed by atoms with E-state index in [1.807, 2.05) is 24.3 Å². The second-order valence-electron chi connectivity index (χ2n) is 6.15. The van der Waals surface area contributed by atoms with Crippen molar-refractivity contribution in [3.8, 4) is 5.75 Å². The first-order valence-corrected chi connectivity index (χ1v) is 11.8. The molecule has 4 nitrogen and oxygen atoms in total. The van der Waals surface area contributed by atoms with Crippen LogP contribution in [0.15, 0.2) is 24.3 Å². The first-order chi connectivity index (χ1) is 8.77. The maximum atomic E-state index is 12.1. The lowest BCUT2D eigenvalue weighted by molar-refractivity contribution is 0.325. The Balaban J connectivity index is 2.02. The van der Waals surface area contributed by atoms with E-state index in [4.69, 9.17) is 4.74 Å². The van der Waals surface area contributed by atoms with E-state index in [1.54, 1.807) is 0 Å². The molecule has 0 fully saturated rings. The smallest absolute Gasteiger partial charge is 0.211 e. The van der Waals surface area contributed by atoms with Crippen molar-refractivity contribution < 1.29 is 13.2 Å². The summed E-state index contributed by atoms with van der Waals surface area (Å²) in [4.78, 5) is 0. The summed E-state index contributed by atoms with van der Waals surface area (Å²) >= 11 is 0. The first-order valence-electron chi connectivity index (χ1n) is 6.49. The molecule has 1 unspecified atom stereocenters. The van der Waals surface area contributed by atoms with Crippen LogP contribution in [0, 0.1) is 0 Å². The molecule has 0 saturated carbocycles. The highest BCUT2D eigenvalue weighted by molar-refractivity contribution is 7.89. The van der Waals surface area contributed by atoms with Gasteiger partial charge in [0.25, 0.3) is 0 Å². The summed E-state index contributed by atoms with van der Waals surface area (Å²) in [5.74, 6) is 0.988. The van der Waals surface area contributed by atoms with Crippen molar-refractivity contribution in [3.63, 3.8) is 0 Å². The van der Waals surface area contributed by atoms with Gasteiger partial charge in [-0.3, -0.25) is 0 Å². The molecule has 1 heterocycles. The molecular weight excluding hydrogens is 278 g/mol. The number of hydrogen-bond acceptors (Lipinski definition) is 3. The largest absolute Gasteiger partial charge is 0.491 e. The Labute approximate surface area is 116 Å². The van der Waals surface area contributed by atoms with E-state index < -0.39 is 18.1 Å². The standard InChI is InChI=1S/C13H21NO3SSi/c1-19(2,3)9-8-18(15,16)14-12-10-17-13-7-5-4-6-11(12)13/h4-7,12,14H,8-10H2,1-3H3. The molecule has 0 saturated heterocycles. The summed E-state index contributed by atoms with van der Waals surface area (Å²) < 4.78 is 32.4. The van der Waals surface area contributed by atoms with Crippen LogP contribution in [0.3, 0.4) is 0 Å². The molecule has 2 rings (SSSR count). The Morgan fingerprint density at radius 3 is 2.68 bits per heavy atom. The van der Waals surface area contributed by atoms with Gasteiger partial charge >= 0.3 is 0 Å². The average Bonchev–Trinajstić information content (AvgIpc) is 2.69. The fourth-order valence-electron chi connectivity index (χ4n) is 1.98. The van der Waals surface area contributed by atoms with Crippen LogP contribution < -0.4 is 9.46 Å². The van der Waals surface area contributed by atoms with Crippen LogP contribution in [-0.2, 0) is 10.0 Å². The zero-order chi connectivity index (χ0) is 14.1. The molecule has 1 aliphatic heterocycles.